The fourth-order valence-corrected chi connectivity index (χ4v) is 1.07. The number of anilines is 2. The summed E-state index contributed by atoms with van der Waals surface area (Å²) in [7, 11) is 0. The summed E-state index contributed by atoms with van der Waals surface area (Å²) in [5, 5.41) is 4.48. The van der Waals surface area contributed by atoms with Crippen molar-refractivity contribution in [2.75, 3.05) is 10.6 Å². The zero-order valence-electron chi connectivity index (χ0n) is 8.46. The van der Waals surface area contributed by atoms with Crippen LogP contribution >= 0.6 is 0 Å². The molecule has 0 radical (unpaired) electrons. The predicted molar refractivity (Wildman–Crippen MR) is 55.4 cm³/mol. The number of benzene rings is 1. The van der Waals surface area contributed by atoms with Crippen LogP contribution in [0.4, 0.5) is 20.2 Å². The van der Waals surface area contributed by atoms with Crippen LogP contribution in [-0.4, -0.2) is 18.2 Å². The lowest BCUT2D eigenvalue weighted by molar-refractivity contribution is -0.126. The van der Waals surface area contributed by atoms with Gasteiger partial charge in [0.25, 0.3) is 5.91 Å². The van der Waals surface area contributed by atoms with Crippen LogP contribution in [0.2, 0.25) is 0 Å². The van der Waals surface area contributed by atoms with Gasteiger partial charge in [-0.3, -0.25) is 9.59 Å². The molecule has 0 aromatic heterocycles. The lowest BCUT2D eigenvalue weighted by Gasteiger charge is -2.07. The third-order valence-electron chi connectivity index (χ3n) is 1.65. The van der Waals surface area contributed by atoms with Crippen molar-refractivity contribution < 1.29 is 18.4 Å². The fourth-order valence-electron chi connectivity index (χ4n) is 1.07. The predicted octanol–water partition coefficient (Wildman–Crippen LogP) is 1.85. The monoisotopic (exact) mass is 228 g/mol. The van der Waals surface area contributed by atoms with Gasteiger partial charge in [-0.15, -0.1) is 0 Å². The third-order valence-corrected chi connectivity index (χ3v) is 1.65. The second-order valence-corrected chi connectivity index (χ2v) is 3.05. The summed E-state index contributed by atoms with van der Waals surface area (Å²) in [6.45, 7) is 1.32. The second kappa shape index (κ2) is 5.20. The number of carbonyl (C=O) groups excluding carboxylic acids is 2. The summed E-state index contributed by atoms with van der Waals surface area (Å²) in [5.74, 6) is -1.66. The third kappa shape index (κ3) is 3.64. The molecule has 1 rings (SSSR count). The summed E-state index contributed by atoms with van der Waals surface area (Å²) < 4.78 is 23.9. The molecule has 0 bridgehead atoms. The fraction of sp³-hybridized carbons (Fsp3) is 0.200. The Balaban J connectivity index is 2.74. The number of amides is 2. The van der Waals surface area contributed by atoms with Crippen LogP contribution in [0.15, 0.2) is 24.3 Å². The lowest BCUT2D eigenvalue weighted by Crippen LogP contribution is -2.20. The van der Waals surface area contributed by atoms with E-state index in [9.17, 15) is 18.4 Å². The Morgan fingerprint density at radius 2 is 1.75 bits per heavy atom. The highest BCUT2D eigenvalue weighted by molar-refractivity contribution is 5.94. The van der Waals surface area contributed by atoms with E-state index in [0.717, 1.165) is 0 Å². The number of hydrogen-bond donors (Lipinski definition) is 2. The highest BCUT2D eigenvalue weighted by Gasteiger charge is 2.14. The van der Waals surface area contributed by atoms with Crippen molar-refractivity contribution in [3.8, 4) is 0 Å². The van der Waals surface area contributed by atoms with E-state index >= 15 is 0 Å². The zero-order valence-corrected chi connectivity index (χ0v) is 8.46. The van der Waals surface area contributed by atoms with Crippen molar-refractivity contribution in [3.63, 3.8) is 0 Å². The number of rotatable bonds is 3. The van der Waals surface area contributed by atoms with E-state index in [-0.39, 0.29) is 11.6 Å². The minimum Gasteiger partial charge on any atom is -0.326 e. The lowest BCUT2D eigenvalue weighted by atomic mass is 10.2. The molecule has 86 valence electrons. The number of hydrogen-bond acceptors (Lipinski definition) is 2. The molecule has 0 saturated heterocycles. The van der Waals surface area contributed by atoms with E-state index in [4.69, 9.17) is 0 Å². The molecule has 1 aromatic carbocycles. The maximum Gasteiger partial charge on any atom is 0.315 e. The summed E-state index contributed by atoms with van der Waals surface area (Å²) in [6, 6.07) is 5.96. The maximum absolute atomic E-state index is 11.9. The smallest absolute Gasteiger partial charge is 0.315 e. The Hall–Kier alpha value is -1.98. The minimum atomic E-state index is -3.07. The van der Waals surface area contributed by atoms with Gasteiger partial charge in [0.05, 0.1) is 0 Å². The van der Waals surface area contributed by atoms with Gasteiger partial charge >= 0.3 is 6.43 Å². The van der Waals surface area contributed by atoms with Crippen molar-refractivity contribution in [2.45, 2.75) is 13.3 Å². The molecule has 0 aliphatic rings. The van der Waals surface area contributed by atoms with Crippen molar-refractivity contribution in [1.82, 2.24) is 0 Å². The Bertz CT molecular complexity index is 408. The van der Waals surface area contributed by atoms with E-state index in [0.29, 0.717) is 5.69 Å². The average Bonchev–Trinajstić information content (AvgIpc) is 2.16. The Morgan fingerprint density at radius 3 is 2.25 bits per heavy atom. The number of halogens is 2. The van der Waals surface area contributed by atoms with Crippen molar-refractivity contribution >= 4 is 23.2 Å². The van der Waals surface area contributed by atoms with E-state index < -0.39 is 12.3 Å². The minimum absolute atomic E-state index is 0.205. The van der Waals surface area contributed by atoms with Gasteiger partial charge in [0.1, 0.15) is 0 Å². The van der Waals surface area contributed by atoms with Crippen LogP contribution in [0.1, 0.15) is 6.92 Å². The molecule has 1 aromatic rings. The number of nitrogens with one attached hydrogen (secondary N) is 2. The van der Waals surface area contributed by atoms with Crippen LogP contribution in [0.3, 0.4) is 0 Å². The molecule has 0 spiro atoms. The largest absolute Gasteiger partial charge is 0.326 e. The Kier molecular flexibility index (Phi) is 3.93. The van der Waals surface area contributed by atoms with E-state index in [1.165, 1.54) is 25.1 Å². The first-order chi connectivity index (χ1) is 7.49. The Morgan fingerprint density at radius 1 is 1.19 bits per heavy atom. The summed E-state index contributed by atoms with van der Waals surface area (Å²) >= 11 is 0. The van der Waals surface area contributed by atoms with Crippen molar-refractivity contribution in [2.24, 2.45) is 0 Å². The highest BCUT2D eigenvalue weighted by atomic mass is 19.3. The first kappa shape index (κ1) is 12.1. The van der Waals surface area contributed by atoms with Crippen LogP contribution in [0, 0.1) is 0 Å². The average molecular weight is 228 g/mol. The molecular formula is C10H10F2N2O2. The normalized spacial score (nSPS) is 10.0. The van der Waals surface area contributed by atoms with Crippen molar-refractivity contribution in [3.05, 3.63) is 24.3 Å². The van der Waals surface area contributed by atoms with Gasteiger partial charge < -0.3 is 10.6 Å². The molecule has 16 heavy (non-hydrogen) atoms. The molecule has 0 fully saturated rings. The molecule has 0 unspecified atom stereocenters. The summed E-state index contributed by atoms with van der Waals surface area (Å²) in [6.07, 6.45) is -3.07. The first-order valence-corrected chi connectivity index (χ1v) is 4.45. The molecule has 0 heterocycles. The highest BCUT2D eigenvalue weighted by Crippen LogP contribution is 2.15. The first-order valence-electron chi connectivity index (χ1n) is 4.45. The van der Waals surface area contributed by atoms with Crippen LogP contribution in [-0.2, 0) is 9.59 Å². The SMILES string of the molecule is CC(=O)Nc1cccc(NC(=O)C(F)F)c1. The van der Waals surface area contributed by atoms with Crippen molar-refractivity contribution in [1.29, 1.82) is 0 Å². The summed E-state index contributed by atoms with van der Waals surface area (Å²) in [4.78, 5) is 21.4. The number of alkyl halides is 2. The quantitative estimate of drug-likeness (QED) is 0.829. The molecular weight excluding hydrogens is 218 g/mol. The van der Waals surface area contributed by atoms with Gasteiger partial charge in [0.2, 0.25) is 5.91 Å². The van der Waals surface area contributed by atoms with E-state index in [1.54, 1.807) is 6.07 Å². The molecule has 2 amide bonds. The van der Waals surface area contributed by atoms with Gasteiger partial charge in [-0.2, -0.15) is 8.78 Å². The molecule has 0 saturated carbocycles. The molecule has 2 N–H and O–H groups in total. The van der Waals surface area contributed by atoms with Gasteiger partial charge in [-0.25, -0.2) is 0 Å². The molecule has 6 heteroatoms. The maximum atomic E-state index is 11.9. The van der Waals surface area contributed by atoms with Crippen LogP contribution in [0.5, 0.6) is 0 Å². The van der Waals surface area contributed by atoms with E-state index in [2.05, 4.69) is 5.32 Å². The molecule has 4 nitrogen and oxygen atoms in total. The van der Waals surface area contributed by atoms with Gasteiger partial charge in [0, 0.05) is 18.3 Å². The molecule has 0 atom stereocenters. The standard InChI is InChI=1S/C10H10F2N2O2/c1-6(15)13-7-3-2-4-8(5-7)14-10(16)9(11)12/h2-5,9H,1H3,(H,13,15)(H,14,16). The molecule has 0 aliphatic heterocycles. The topological polar surface area (TPSA) is 58.2 Å². The van der Waals surface area contributed by atoms with E-state index in [1.807, 2.05) is 5.32 Å². The van der Waals surface area contributed by atoms with Gasteiger partial charge in [-0.05, 0) is 18.2 Å². The second-order valence-electron chi connectivity index (χ2n) is 3.05. The van der Waals surface area contributed by atoms with Crippen LogP contribution in [0.25, 0.3) is 0 Å². The zero-order chi connectivity index (χ0) is 12.1. The van der Waals surface area contributed by atoms with Gasteiger partial charge in [0.15, 0.2) is 0 Å². The molecule has 0 aliphatic carbocycles. The van der Waals surface area contributed by atoms with Crippen LogP contribution < -0.4 is 10.6 Å². The van der Waals surface area contributed by atoms with Gasteiger partial charge in [-0.1, -0.05) is 6.07 Å². The summed E-state index contributed by atoms with van der Waals surface area (Å²) in [5.41, 5.74) is 0.635. The Labute approximate surface area is 90.6 Å². The number of carbonyl (C=O) groups is 2.